The fraction of sp³-hybridized carbons (Fsp3) is 0.158. The number of methoxy groups -OCH3 is 1. The van der Waals surface area contributed by atoms with Crippen molar-refractivity contribution in [2.24, 2.45) is 0 Å². The molecule has 7 heteroatoms. The zero-order valence-corrected chi connectivity index (χ0v) is 15.1. The third-order valence-electron chi connectivity index (χ3n) is 3.59. The Bertz CT molecular complexity index is 909. The van der Waals surface area contributed by atoms with Crippen LogP contribution >= 0.6 is 11.3 Å². The third-order valence-corrected chi connectivity index (χ3v) is 4.40. The van der Waals surface area contributed by atoms with E-state index in [2.05, 4.69) is 10.3 Å². The van der Waals surface area contributed by atoms with Crippen LogP contribution in [0.3, 0.4) is 0 Å². The monoisotopic (exact) mass is 372 g/mol. The highest BCUT2D eigenvalue weighted by Gasteiger charge is 2.12. The Balaban J connectivity index is 1.58. The average Bonchev–Trinajstić information content (AvgIpc) is 3.09. The van der Waals surface area contributed by atoms with Crippen LogP contribution in [0.2, 0.25) is 0 Å². The van der Waals surface area contributed by atoms with Crippen molar-refractivity contribution in [3.8, 4) is 5.75 Å². The van der Waals surface area contributed by atoms with E-state index >= 15 is 0 Å². The van der Waals surface area contributed by atoms with Crippen molar-refractivity contribution >= 4 is 28.1 Å². The zero-order valence-electron chi connectivity index (χ0n) is 14.3. The largest absolute Gasteiger partial charge is 0.494 e. The number of aryl methyl sites for hydroxylation is 1. The lowest BCUT2D eigenvalue weighted by Crippen LogP contribution is -2.06. The van der Waals surface area contributed by atoms with Crippen molar-refractivity contribution in [2.75, 3.05) is 12.4 Å². The second-order valence-electron chi connectivity index (χ2n) is 5.56. The predicted octanol–water partition coefficient (Wildman–Crippen LogP) is 4.70. The van der Waals surface area contributed by atoms with Gasteiger partial charge >= 0.3 is 5.97 Å². The lowest BCUT2D eigenvalue weighted by molar-refractivity contribution is 0.0468. The minimum Gasteiger partial charge on any atom is -0.494 e. The summed E-state index contributed by atoms with van der Waals surface area (Å²) in [5, 5.41) is 5.70. The summed E-state index contributed by atoms with van der Waals surface area (Å²) in [5.41, 5.74) is 2.85. The molecule has 0 aliphatic carbocycles. The van der Waals surface area contributed by atoms with Crippen LogP contribution in [0, 0.1) is 12.7 Å². The summed E-state index contributed by atoms with van der Waals surface area (Å²) in [7, 11) is 1.36. The molecule has 0 atom stereocenters. The number of esters is 1. The fourth-order valence-corrected chi connectivity index (χ4v) is 2.92. The molecule has 2 aromatic carbocycles. The number of nitrogens with one attached hydrogen (secondary N) is 1. The molecular weight excluding hydrogens is 355 g/mol. The van der Waals surface area contributed by atoms with Crippen LogP contribution in [-0.4, -0.2) is 18.1 Å². The van der Waals surface area contributed by atoms with Crippen LogP contribution < -0.4 is 10.1 Å². The van der Waals surface area contributed by atoms with E-state index in [9.17, 15) is 9.18 Å². The normalized spacial score (nSPS) is 10.4. The highest BCUT2D eigenvalue weighted by molar-refractivity contribution is 7.13. The average molecular weight is 372 g/mol. The van der Waals surface area contributed by atoms with Gasteiger partial charge in [0.2, 0.25) is 0 Å². The van der Waals surface area contributed by atoms with Crippen LogP contribution in [0.25, 0.3) is 0 Å². The van der Waals surface area contributed by atoms with E-state index in [-0.39, 0.29) is 17.9 Å². The smallest absolute Gasteiger partial charge is 0.338 e. The van der Waals surface area contributed by atoms with Crippen LogP contribution in [0.4, 0.5) is 15.2 Å². The molecule has 0 amide bonds. The summed E-state index contributed by atoms with van der Waals surface area (Å²) < 4.78 is 23.7. The van der Waals surface area contributed by atoms with E-state index in [0.29, 0.717) is 10.8 Å². The molecule has 26 heavy (non-hydrogen) atoms. The maximum absolute atomic E-state index is 13.7. The number of hydrogen-bond acceptors (Lipinski definition) is 6. The van der Waals surface area contributed by atoms with E-state index in [1.54, 1.807) is 5.38 Å². The van der Waals surface area contributed by atoms with Gasteiger partial charge in [-0.05, 0) is 37.3 Å². The van der Waals surface area contributed by atoms with Crippen LogP contribution in [0.5, 0.6) is 5.75 Å². The quantitative estimate of drug-likeness (QED) is 0.636. The second kappa shape index (κ2) is 7.97. The van der Waals surface area contributed by atoms with Gasteiger partial charge in [-0.2, -0.15) is 0 Å². The maximum Gasteiger partial charge on any atom is 0.338 e. The number of carbonyl (C=O) groups excluding carboxylic acids is 1. The van der Waals surface area contributed by atoms with Crippen LogP contribution in [0.1, 0.15) is 21.6 Å². The first kappa shape index (κ1) is 17.9. The number of halogens is 1. The number of nitrogens with zero attached hydrogens (tertiary/aromatic N) is 1. The van der Waals surface area contributed by atoms with E-state index in [0.717, 1.165) is 11.8 Å². The molecular formula is C19H17FN2O3S. The first-order valence-corrected chi connectivity index (χ1v) is 8.72. The molecule has 134 valence electrons. The van der Waals surface area contributed by atoms with Crippen LogP contribution in [-0.2, 0) is 11.3 Å². The Hall–Kier alpha value is -2.93. The third kappa shape index (κ3) is 4.37. The fourth-order valence-electron chi connectivity index (χ4n) is 2.21. The molecule has 0 saturated heterocycles. The summed E-state index contributed by atoms with van der Waals surface area (Å²) in [5.74, 6) is -1.15. The van der Waals surface area contributed by atoms with Crippen molar-refractivity contribution in [2.45, 2.75) is 13.5 Å². The number of aromatic nitrogens is 1. The van der Waals surface area contributed by atoms with Crippen molar-refractivity contribution in [3.63, 3.8) is 0 Å². The lowest BCUT2D eigenvalue weighted by atomic mass is 10.2. The standard InChI is InChI=1S/C19H17FN2O3S/c1-12-3-6-14(7-4-12)21-19-22-15(11-26-19)10-25-18(23)13-5-8-17(24-2)16(20)9-13/h3-9,11H,10H2,1-2H3,(H,21,22). The van der Waals surface area contributed by atoms with Crippen molar-refractivity contribution < 1.29 is 18.7 Å². The molecule has 0 aliphatic heterocycles. The summed E-state index contributed by atoms with van der Waals surface area (Å²) in [6.45, 7) is 2.03. The van der Waals surface area contributed by atoms with Gasteiger partial charge in [-0.1, -0.05) is 17.7 Å². The second-order valence-corrected chi connectivity index (χ2v) is 6.42. The molecule has 0 saturated carbocycles. The highest BCUT2D eigenvalue weighted by atomic mass is 32.1. The van der Waals surface area contributed by atoms with Gasteiger partial charge in [0.1, 0.15) is 6.61 Å². The number of ether oxygens (including phenoxy) is 2. The van der Waals surface area contributed by atoms with Crippen molar-refractivity contribution in [1.82, 2.24) is 4.98 Å². The highest BCUT2D eigenvalue weighted by Crippen LogP contribution is 2.22. The molecule has 0 spiro atoms. The molecule has 1 aromatic heterocycles. The van der Waals surface area contributed by atoms with E-state index in [1.165, 1.54) is 36.1 Å². The SMILES string of the molecule is COc1ccc(C(=O)OCc2csc(Nc3ccc(C)cc3)n2)cc1F. The maximum atomic E-state index is 13.7. The minimum atomic E-state index is -0.618. The Morgan fingerprint density at radius 2 is 2.00 bits per heavy atom. The number of anilines is 2. The van der Waals surface area contributed by atoms with Gasteiger partial charge in [-0.15, -0.1) is 11.3 Å². The minimum absolute atomic E-state index is 0.0125. The van der Waals surface area contributed by atoms with Gasteiger partial charge in [0.15, 0.2) is 16.7 Å². The van der Waals surface area contributed by atoms with Crippen molar-refractivity contribution in [3.05, 3.63) is 70.5 Å². The molecule has 0 bridgehead atoms. The van der Waals surface area contributed by atoms with E-state index in [4.69, 9.17) is 9.47 Å². The molecule has 3 rings (SSSR count). The Morgan fingerprint density at radius 1 is 1.23 bits per heavy atom. The molecule has 0 fully saturated rings. The summed E-state index contributed by atoms with van der Waals surface area (Å²) in [4.78, 5) is 16.4. The van der Waals surface area contributed by atoms with Gasteiger partial charge in [0, 0.05) is 11.1 Å². The van der Waals surface area contributed by atoms with E-state index < -0.39 is 11.8 Å². The molecule has 1 heterocycles. The molecule has 3 aromatic rings. The van der Waals surface area contributed by atoms with Gasteiger partial charge in [-0.3, -0.25) is 0 Å². The number of carbonyl (C=O) groups is 1. The molecule has 0 unspecified atom stereocenters. The lowest BCUT2D eigenvalue weighted by Gasteiger charge is -2.05. The first-order valence-electron chi connectivity index (χ1n) is 7.84. The van der Waals surface area contributed by atoms with Crippen LogP contribution in [0.15, 0.2) is 47.8 Å². The molecule has 0 radical (unpaired) electrons. The van der Waals surface area contributed by atoms with Gasteiger partial charge < -0.3 is 14.8 Å². The van der Waals surface area contributed by atoms with Gasteiger partial charge in [0.25, 0.3) is 0 Å². The topological polar surface area (TPSA) is 60.5 Å². The number of hydrogen-bond donors (Lipinski definition) is 1. The van der Waals surface area contributed by atoms with E-state index in [1.807, 2.05) is 31.2 Å². The first-order chi connectivity index (χ1) is 12.5. The zero-order chi connectivity index (χ0) is 18.5. The van der Waals surface area contributed by atoms with Crippen molar-refractivity contribution in [1.29, 1.82) is 0 Å². The number of rotatable bonds is 6. The predicted molar refractivity (Wildman–Crippen MR) is 98.6 cm³/mol. The van der Waals surface area contributed by atoms with Gasteiger partial charge in [0.05, 0.1) is 18.4 Å². The molecule has 5 nitrogen and oxygen atoms in total. The Morgan fingerprint density at radius 3 is 2.69 bits per heavy atom. The summed E-state index contributed by atoms with van der Waals surface area (Å²) in [6.07, 6.45) is 0. The molecule has 0 aliphatic rings. The molecule has 1 N–H and O–H groups in total. The number of thiazole rings is 1. The Labute approximate surface area is 154 Å². The van der Waals surface area contributed by atoms with Gasteiger partial charge in [-0.25, -0.2) is 14.2 Å². The number of benzene rings is 2. The Kier molecular flexibility index (Phi) is 5.48. The summed E-state index contributed by atoms with van der Waals surface area (Å²) in [6, 6.07) is 11.9. The summed E-state index contributed by atoms with van der Waals surface area (Å²) >= 11 is 1.41.